The first-order valence-corrected chi connectivity index (χ1v) is 10.7. The van der Waals surface area contributed by atoms with Crippen molar-refractivity contribution < 1.29 is 18.3 Å². The van der Waals surface area contributed by atoms with Crippen molar-refractivity contribution in [1.82, 2.24) is 9.88 Å². The summed E-state index contributed by atoms with van der Waals surface area (Å²) in [6.45, 7) is 0.585. The Morgan fingerprint density at radius 3 is 2.84 bits per heavy atom. The number of thiazole rings is 1. The summed E-state index contributed by atoms with van der Waals surface area (Å²) in [4.78, 5) is 18.6. The number of hydrogen-bond acceptors (Lipinski definition) is 5. The SMILES string of the molecule is CN(Cc1ccco1)C(=O)c1csc(-c2ccc(OCc3cccc(F)c3)cc2Cl)n1. The summed E-state index contributed by atoms with van der Waals surface area (Å²) >= 11 is 7.78. The van der Waals surface area contributed by atoms with Gasteiger partial charge in [-0.2, -0.15) is 0 Å². The van der Waals surface area contributed by atoms with E-state index in [1.807, 2.05) is 6.07 Å². The van der Waals surface area contributed by atoms with Crippen LogP contribution in [-0.4, -0.2) is 22.8 Å². The number of furan rings is 1. The van der Waals surface area contributed by atoms with E-state index in [-0.39, 0.29) is 18.3 Å². The summed E-state index contributed by atoms with van der Waals surface area (Å²) in [5.41, 5.74) is 1.77. The van der Waals surface area contributed by atoms with Crippen molar-refractivity contribution in [2.45, 2.75) is 13.2 Å². The van der Waals surface area contributed by atoms with Crippen molar-refractivity contribution in [3.8, 4) is 16.3 Å². The Kier molecular flexibility index (Phi) is 6.34. The van der Waals surface area contributed by atoms with Crippen molar-refractivity contribution in [1.29, 1.82) is 0 Å². The predicted molar refractivity (Wildman–Crippen MR) is 118 cm³/mol. The van der Waals surface area contributed by atoms with Crippen LogP contribution >= 0.6 is 22.9 Å². The Labute approximate surface area is 187 Å². The van der Waals surface area contributed by atoms with Gasteiger partial charge in [0, 0.05) is 18.0 Å². The van der Waals surface area contributed by atoms with Gasteiger partial charge in [0.05, 0.1) is 17.8 Å². The molecule has 0 atom stereocenters. The Hall–Kier alpha value is -3.16. The number of hydrogen-bond donors (Lipinski definition) is 0. The van der Waals surface area contributed by atoms with Gasteiger partial charge < -0.3 is 14.1 Å². The number of rotatable bonds is 7. The average Bonchev–Trinajstić information content (AvgIpc) is 3.44. The number of carbonyl (C=O) groups is 1. The number of nitrogens with zero attached hydrogens (tertiary/aromatic N) is 2. The summed E-state index contributed by atoms with van der Waals surface area (Å²) in [5.74, 6) is 0.746. The van der Waals surface area contributed by atoms with Gasteiger partial charge in [0.15, 0.2) is 0 Å². The third-order valence-corrected chi connectivity index (χ3v) is 5.70. The second-order valence-corrected chi connectivity index (χ2v) is 8.10. The molecule has 0 spiro atoms. The fraction of sp³-hybridized carbons (Fsp3) is 0.130. The molecule has 0 N–H and O–H groups in total. The molecule has 0 aliphatic rings. The molecule has 0 bridgehead atoms. The van der Waals surface area contributed by atoms with Crippen LogP contribution in [0.3, 0.4) is 0 Å². The topological polar surface area (TPSA) is 55.6 Å². The highest BCUT2D eigenvalue weighted by Gasteiger charge is 2.18. The quantitative estimate of drug-likeness (QED) is 0.340. The first kappa shape index (κ1) is 21.1. The lowest BCUT2D eigenvalue weighted by atomic mass is 10.2. The highest BCUT2D eigenvalue weighted by molar-refractivity contribution is 7.13. The molecule has 5 nitrogen and oxygen atoms in total. The molecule has 158 valence electrons. The lowest BCUT2D eigenvalue weighted by Crippen LogP contribution is -2.26. The molecule has 8 heteroatoms. The molecule has 1 amide bonds. The Balaban J connectivity index is 1.44. The van der Waals surface area contributed by atoms with Gasteiger partial charge in [0.2, 0.25) is 0 Å². The molecule has 0 aliphatic heterocycles. The smallest absolute Gasteiger partial charge is 0.273 e. The molecular formula is C23H18ClFN2O3S. The molecule has 4 rings (SSSR count). The van der Waals surface area contributed by atoms with Gasteiger partial charge >= 0.3 is 0 Å². The number of benzene rings is 2. The van der Waals surface area contributed by atoms with Crippen LogP contribution in [0.4, 0.5) is 4.39 Å². The maximum absolute atomic E-state index is 13.3. The van der Waals surface area contributed by atoms with Crippen LogP contribution in [0, 0.1) is 5.82 Å². The molecule has 0 fully saturated rings. The van der Waals surface area contributed by atoms with Gasteiger partial charge in [-0.3, -0.25) is 4.79 Å². The van der Waals surface area contributed by atoms with E-state index in [4.69, 9.17) is 20.8 Å². The highest BCUT2D eigenvalue weighted by atomic mass is 35.5. The van der Waals surface area contributed by atoms with E-state index in [1.165, 1.54) is 23.5 Å². The Bertz CT molecular complexity index is 1190. The first-order valence-electron chi connectivity index (χ1n) is 9.40. The van der Waals surface area contributed by atoms with Crippen LogP contribution in [0.1, 0.15) is 21.8 Å². The zero-order valence-corrected chi connectivity index (χ0v) is 18.1. The van der Waals surface area contributed by atoms with Gasteiger partial charge in [-0.25, -0.2) is 9.37 Å². The summed E-state index contributed by atoms with van der Waals surface area (Å²) in [5, 5.41) is 2.80. The Morgan fingerprint density at radius 2 is 2.10 bits per heavy atom. The molecule has 2 aromatic heterocycles. The van der Waals surface area contributed by atoms with Crippen molar-refractivity contribution in [2.75, 3.05) is 7.05 Å². The van der Waals surface area contributed by atoms with Crippen molar-refractivity contribution in [3.05, 3.63) is 94.1 Å². The average molecular weight is 457 g/mol. The van der Waals surface area contributed by atoms with E-state index in [0.29, 0.717) is 39.3 Å². The summed E-state index contributed by atoms with van der Waals surface area (Å²) in [6.07, 6.45) is 1.57. The lowest BCUT2D eigenvalue weighted by molar-refractivity contribution is 0.0770. The minimum Gasteiger partial charge on any atom is -0.489 e. The van der Waals surface area contributed by atoms with E-state index in [1.54, 1.807) is 60.0 Å². The van der Waals surface area contributed by atoms with Crippen LogP contribution in [0.15, 0.2) is 70.7 Å². The molecule has 0 aliphatic carbocycles. The van der Waals surface area contributed by atoms with Crippen molar-refractivity contribution in [2.24, 2.45) is 0 Å². The van der Waals surface area contributed by atoms with E-state index >= 15 is 0 Å². The summed E-state index contributed by atoms with van der Waals surface area (Å²) < 4.78 is 24.3. The zero-order valence-electron chi connectivity index (χ0n) is 16.5. The van der Waals surface area contributed by atoms with Crippen LogP contribution in [0.25, 0.3) is 10.6 Å². The third kappa shape index (κ3) is 5.13. The number of ether oxygens (including phenoxy) is 1. The third-order valence-electron chi connectivity index (χ3n) is 4.51. The van der Waals surface area contributed by atoms with E-state index in [0.717, 1.165) is 5.56 Å². The van der Waals surface area contributed by atoms with Crippen LogP contribution in [-0.2, 0) is 13.2 Å². The van der Waals surface area contributed by atoms with Gasteiger partial charge in [0.1, 0.15) is 34.6 Å². The standard InChI is InChI=1S/C23H18ClFN2O3S/c1-27(12-18-6-3-9-29-18)23(28)21-14-31-22(26-21)19-8-7-17(11-20(19)24)30-13-15-4-2-5-16(25)10-15/h2-11,14H,12-13H2,1H3. The van der Waals surface area contributed by atoms with Gasteiger partial charge in [0.25, 0.3) is 5.91 Å². The molecular weight excluding hydrogens is 439 g/mol. The molecule has 2 heterocycles. The maximum atomic E-state index is 13.3. The van der Waals surface area contributed by atoms with Crippen molar-refractivity contribution in [3.63, 3.8) is 0 Å². The van der Waals surface area contributed by atoms with Gasteiger partial charge in [-0.1, -0.05) is 23.7 Å². The monoisotopic (exact) mass is 456 g/mol. The maximum Gasteiger partial charge on any atom is 0.273 e. The van der Waals surface area contributed by atoms with Gasteiger partial charge in [-0.15, -0.1) is 11.3 Å². The number of carbonyl (C=O) groups excluding carboxylic acids is 1. The van der Waals surface area contributed by atoms with Crippen LogP contribution < -0.4 is 4.74 Å². The largest absolute Gasteiger partial charge is 0.489 e. The predicted octanol–water partition coefficient (Wildman–Crippen LogP) is 6.05. The molecule has 2 aromatic carbocycles. The number of aromatic nitrogens is 1. The number of halogens is 2. The fourth-order valence-electron chi connectivity index (χ4n) is 2.95. The van der Waals surface area contributed by atoms with Crippen LogP contribution in [0.2, 0.25) is 5.02 Å². The van der Waals surface area contributed by atoms with E-state index in [2.05, 4.69) is 4.98 Å². The minimum atomic E-state index is -0.307. The molecule has 0 saturated carbocycles. The second kappa shape index (κ2) is 9.32. The summed E-state index contributed by atoms with van der Waals surface area (Å²) in [7, 11) is 1.70. The lowest BCUT2D eigenvalue weighted by Gasteiger charge is -2.13. The van der Waals surface area contributed by atoms with E-state index in [9.17, 15) is 9.18 Å². The number of amides is 1. The highest BCUT2D eigenvalue weighted by Crippen LogP contribution is 2.33. The molecule has 31 heavy (non-hydrogen) atoms. The van der Waals surface area contributed by atoms with Gasteiger partial charge in [-0.05, 0) is 48.0 Å². The van der Waals surface area contributed by atoms with Crippen LogP contribution in [0.5, 0.6) is 5.75 Å². The molecule has 0 unspecified atom stereocenters. The normalized spacial score (nSPS) is 10.8. The first-order chi connectivity index (χ1) is 15.0. The Morgan fingerprint density at radius 1 is 1.23 bits per heavy atom. The summed E-state index contributed by atoms with van der Waals surface area (Å²) in [6, 6.07) is 15.1. The molecule has 4 aromatic rings. The van der Waals surface area contributed by atoms with E-state index < -0.39 is 0 Å². The zero-order chi connectivity index (χ0) is 21.8. The molecule has 0 saturated heterocycles. The fourth-order valence-corrected chi connectivity index (χ4v) is 4.10. The molecule has 0 radical (unpaired) electrons. The minimum absolute atomic E-state index is 0.204. The second-order valence-electron chi connectivity index (χ2n) is 6.84. The van der Waals surface area contributed by atoms with Crippen molar-refractivity contribution >= 4 is 28.8 Å².